The number of urea groups is 2. The van der Waals surface area contributed by atoms with Gasteiger partial charge in [-0.3, -0.25) is 9.69 Å². The highest BCUT2D eigenvalue weighted by Gasteiger charge is 2.48. The van der Waals surface area contributed by atoms with E-state index in [-0.39, 0.29) is 25.4 Å². The lowest BCUT2D eigenvalue weighted by Crippen LogP contribution is -2.55. The molecular weight excluding hydrogens is 427 g/mol. The van der Waals surface area contributed by atoms with Gasteiger partial charge in [-0.05, 0) is 41.8 Å². The maximum atomic E-state index is 13.7. The predicted octanol–water partition coefficient (Wildman–Crippen LogP) is 3.33. The summed E-state index contributed by atoms with van der Waals surface area (Å²) in [6.45, 7) is -1.14. The molecular formula is C24H21FN4O4. The highest BCUT2D eigenvalue weighted by molar-refractivity contribution is 6.12. The van der Waals surface area contributed by atoms with Crippen molar-refractivity contribution in [1.29, 1.82) is 5.26 Å². The van der Waals surface area contributed by atoms with E-state index in [1.54, 1.807) is 42.5 Å². The van der Waals surface area contributed by atoms with Crippen molar-refractivity contribution >= 4 is 23.5 Å². The molecule has 8 nitrogen and oxygen atoms in total. The van der Waals surface area contributed by atoms with Crippen molar-refractivity contribution in [3.05, 3.63) is 76.5 Å². The Labute approximate surface area is 189 Å². The van der Waals surface area contributed by atoms with Gasteiger partial charge in [-0.15, -0.1) is 0 Å². The van der Waals surface area contributed by atoms with E-state index in [9.17, 15) is 18.8 Å². The molecule has 2 aromatic rings. The Kier molecular flexibility index (Phi) is 6.20. The van der Waals surface area contributed by atoms with Crippen LogP contribution in [0.25, 0.3) is 0 Å². The molecule has 33 heavy (non-hydrogen) atoms. The van der Waals surface area contributed by atoms with Gasteiger partial charge < -0.3 is 10.4 Å². The van der Waals surface area contributed by atoms with Crippen LogP contribution in [0.2, 0.25) is 0 Å². The van der Waals surface area contributed by atoms with Gasteiger partial charge in [0.05, 0.1) is 30.0 Å². The summed E-state index contributed by atoms with van der Waals surface area (Å²) in [5.41, 5.74) is 2.40. The van der Waals surface area contributed by atoms with Gasteiger partial charge in [0.1, 0.15) is 6.67 Å². The second-order valence-electron chi connectivity index (χ2n) is 7.67. The Morgan fingerprint density at radius 1 is 1.18 bits per heavy atom. The van der Waals surface area contributed by atoms with Crippen molar-refractivity contribution in [1.82, 2.24) is 10.2 Å². The number of Topliss-reactive ketones (excluding diaryl/α,β-unsaturated/α-hetero) is 1. The zero-order valence-electron chi connectivity index (χ0n) is 17.6. The lowest BCUT2D eigenvalue weighted by atomic mass is 9.92. The first-order chi connectivity index (χ1) is 16.0. The van der Waals surface area contributed by atoms with Gasteiger partial charge in [0.15, 0.2) is 5.78 Å². The van der Waals surface area contributed by atoms with E-state index in [1.165, 1.54) is 11.0 Å². The molecule has 0 saturated heterocycles. The van der Waals surface area contributed by atoms with E-state index in [1.807, 2.05) is 6.07 Å². The molecule has 1 heterocycles. The summed E-state index contributed by atoms with van der Waals surface area (Å²) >= 11 is 0. The molecule has 2 aromatic carbocycles. The number of amides is 4. The van der Waals surface area contributed by atoms with Gasteiger partial charge in [-0.2, -0.15) is 5.26 Å². The van der Waals surface area contributed by atoms with Crippen molar-refractivity contribution in [3.8, 4) is 6.07 Å². The molecule has 0 saturated carbocycles. The lowest BCUT2D eigenvalue weighted by molar-refractivity contribution is -0.115. The molecule has 1 aliphatic carbocycles. The van der Waals surface area contributed by atoms with E-state index >= 15 is 0 Å². The van der Waals surface area contributed by atoms with Gasteiger partial charge in [0, 0.05) is 24.2 Å². The average molecular weight is 448 g/mol. The maximum Gasteiger partial charge on any atom is 0.337 e. The Hall–Kier alpha value is -4.03. The summed E-state index contributed by atoms with van der Waals surface area (Å²) in [5.74, 6) is -0.196. The number of nitrogens with one attached hydrogen (secondary N) is 1. The molecule has 9 heteroatoms. The fourth-order valence-corrected chi connectivity index (χ4v) is 4.22. The molecule has 2 N–H and O–H groups in total. The van der Waals surface area contributed by atoms with Crippen LogP contribution in [0, 0.1) is 11.3 Å². The monoisotopic (exact) mass is 448 g/mol. The van der Waals surface area contributed by atoms with Crippen molar-refractivity contribution in [2.24, 2.45) is 0 Å². The first-order valence-electron chi connectivity index (χ1n) is 10.4. The predicted molar refractivity (Wildman–Crippen MR) is 117 cm³/mol. The number of anilines is 1. The quantitative estimate of drug-likeness (QED) is 0.728. The van der Waals surface area contributed by atoms with Crippen LogP contribution in [0.3, 0.4) is 0 Å². The number of halogens is 1. The number of allylic oxidation sites excluding steroid dienone is 1. The first-order valence-corrected chi connectivity index (χ1v) is 10.4. The number of rotatable bonds is 5. The van der Waals surface area contributed by atoms with E-state index in [0.717, 1.165) is 4.90 Å². The molecule has 0 aromatic heterocycles. The van der Waals surface area contributed by atoms with Crippen molar-refractivity contribution in [2.45, 2.75) is 25.6 Å². The van der Waals surface area contributed by atoms with Crippen molar-refractivity contribution in [2.75, 3.05) is 18.1 Å². The highest BCUT2D eigenvalue weighted by atomic mass is 19.1. The summed E-state index contributed by atoms with van der Waals surface area (Å²) < 4.78 is 13.3. The number of carbonyl (C=O) groups is 3. The smallest absolute Gasteiger partial charge is 0.337 e. The van der Waals surface area contributed by atoms with Crippen molar-refractivity contribution < 1.29 is 23.9 Å². The number of aliphatic hydroxyl groups is 1. The van der Waals surface area contributed by atoms with E-state index < -0.39 is 24.8 Å². The fraction of sp³-hybridized carbons (Fsp3) is 0.250. The topological polar surface area (TPSA) is 114 Å². The number of alkyl halides is 1. The van der Waals surface area contributed by atoms with Gasteiger partial charge in [0.2, 0.25) is 0 Å². The number of nitriles is 1. The zero-order valence-corrected chi connectivity index (χ0v) is 17.6. The Balaban J connectivity index is 1.90. The van der Waals surface area contributed by atoms with Gasteiger partial charge in [-0.25, -0.2) is 18.9 Å². The summed E-state index contributed by atoms with van der Waals surface area (Å²) in [4.78, 5) is 42.0. The van der Waals surface area contributed by atoms with E-state index in [4.69, 9.17) is 10.4 Å². The van der Waals surface area contributed by atoms with Crippen LogP contribution < -0.4 is 10.2 Å². The molecule has 0 spiro atoms. The Bertz CT molecular complexity index is 1190. The number of ketones is 1. The van der Waals surface area contributed by atoms with Crippen LogP contribution in [0.5, 0.6) is 0 Å². The van der Waals surface area contributed by atoms with E-state index in [0.29, 0.717) is 40.1 Å². The number of nitrogens with zero attached hydrogens (tertiary/aromatic N) is 3. The Morgan fingerprint density at radius 2 is 1.94 bits per heavy atom. The minimum Gasteiger partial charge on any atom is -0.395 e. The van der Waals surface area contributed by atoms with Crippen LogP contribution in [-0.4, -0.2) is 41.0 Å². The number of benzene rings is 2. The second-order valence-corrected chi connectivity index (χ2v) is 7.67. The lowest BCUT2D eigenvalue weighted by Gasteiger charge is -2.41. The molecule has 0 unspecified atom stereocenters. The van der Waals surface area contributed by atoms with Crippen LogP contribution >= 0.6 is 0 Å². The Morgan fingerprint density at radius 3 is 2.61 bits per heavy atom. The minimum atomic E-state index is -0.991. The van der Waals surface area contributed by atoms with Crippen molar-refractivity contribution in [3.63, 3.8) is 0 Å². The third kappa shape index (κ3) is 3.97. The fourth-order valence-electron chi connectivity index (χ4n) is 4.22. The number of aliphatic hydroxyl groups excluding tert-OH is 1. The van der Waals surface area contributed by atoms with Crippen LogP contribution in [0.4, 0.5) is 19.7 Å². The standard InChI is InChI=1S/C24H21FN4O4/c25-13-16-2-1-3-18(12-16)28-19-8-9-20(31)21(19)22(17-6-4-15(14-26)5-7-17)29(24(28)33)23(32)27-10-11-30/h1-7,12,22,30H,8-11,13H2,(H,27,32)/t22-/m1/s1. The van der Waals surface area contributed by atoms with Crippen LogP contribution in [0.15, 0.2) is 59.8 Å². The van der Waals surface area contributed by atoms with Gasteiger partial charge in [0.25, 0.3) is 0 Å². The third-order valence-corrected chi connectivity index (χ3v) is 5.68. The summed E-state index contributed by atoms with van der Waals surface area (Å²) in [7, 11) is 0. The highest BCUT2D eigenvalue weighted by Crippen LogP contribution is 2.45. The van der Waals surface area contributed by atoms with Gasteiger partial charge >= 0.3 is 12.1 Å². The summed E-state index contributed by atoms with van der Waals surface area (Å²) in [6, 6.07) is 12.2. The molecule has 4 rings (SSSR count). The first kappa shape index (κ1) is 22.2. The van der Waals surface area contributed by atoms with Crippen LogP contribution in [0.1, 0.15) is 35.6 Å². The summed E-state index contributed by atoms with van der Waals surface area (Å²) in [6.07, 6.45) is 0.481. The maximum absolute atomic E-state index is 13.7. The molecule has 0 bridgehead atoms. The molecule has 168 valence electrons. The zero-order chi connectivity index (χ0) is 23.5. The summed E-state index contributed by atoms with van der Waals surface area (Å²) in [5, 5.41) is 20.7. The molecule has 1 aliphatic heterocycles. The number of imide groups is 1. The molecule has 2 aliphatic rings. The SMILES string of the molecule is N#Cc1ccc([C@@H]2C3=C(CCC3=O)N(c3cccc(CF)c3)C(=O)N2C(=O)NCCO)cc1. The number of hydrogen-bond acceptors (Lipinski definition) is 5. The molecule has 0 radical (unpaired) electrons. The van der Waals surface area contributed by atoms with Crippen LogP contribution in [-0.2, 0) is 11.5 Å². The largest absolute Gasteiger partial charge is 0.395 e. The number of carbonyl (C=O) groups excluding carboxylic acids is 3. The number of hydrogen-bond donors (Lipinski definition) is 2. The molecule has 1 atom stereocenters. The van der Waals surface area contributed by atoms with E-state index in [2.05, 4.69) is 5.32 Å². The molecule has 0 fully saturated rings. The minimum absolute atomic E-state index is 0.0834. The second kappa shape index (κ2) is 9.22. The third-order valence-electron chi connectivity index (χ3n) is 5.68. The normalized spacial score (nSPS) is 17.8. The van der Waals surface area contributed by atoms with Gasteiger partial charge in [-0.1, -0.05) is 24.3 Å². The average Bonchev–Trinajstić information content (AvgIpc) is 3.22. The molecule has 4 amide bonds.